The summed E-state index contributed by atoms with van der Waals surface area (Å²) in [7, 11) is 0. The van der Waals surface area contributed by atoms with Crippen molar-refractivity contribution in [2.24, 2.45) is 0 Å². The molecule has 0 bridgehead atoms. The van der Waals surface area contributed by atoms with Crippen molar-refractivity contribution in [3.8, 4) is 5.75 Å². The molecule has 3 heterocycles. The summed E-state index contributed by atoms with van der Waals surface area (Å²) in [6, 6.07) is 7.99. The number of halogens is 1. The van der Waals surface area contributed by atoms with Gasteiger partial charge in [-0.25, -0.2) is 0 Å². The third-order valence-electron chi connectivity index (χ3n) is 4.33. The van der Waals surface area contributed by atoms with Gasteiger partial charge in [0.25, 0.3) is 0 Å². The molecule has 6 nitrogen and oxygen atoms in total. The first-order valence-corrected chi connectivity index (χ1v) is 8.25. The van der Waals surface area contributed by atoms with Crippen LogP contribution in [0.15, 0.2) is 28.8 Å². The standard InChI is InChI=1S/C17H17ClN4O2/c1-10-16(18)11(2)22(20-10)9-15-19-17(21-24-15)13-7-8-23-14-6-4-3-5-12(13)14/h3-6,13H,7-9H2,1-2H3. The average Bonchev–Trinajstić information content (AvgIpc) is 3.16. The first-order valence-electron chi connectivity index (χ1n) is 7.87. The van der Waals surface area contributed by atoms with Crippen molar-refractivity contribution in [3.05, 3.63) is 58.0 Å². The van der Waals surface area contributed by atoms with Crippen LogP contribution >= 0.6 is 11.6 Å². The van der Waals surface area contributed by atoms with Gasteiger partial charge in [0.15, 0.2) is 5.82 Å². The molecule has 0 aliphatic carbocycles. The molecule has 0 amide bonds. The summed E-state index contributed by atoms with van der Waals surface area (Å²) < 4.78 is 12.9. The van der Waals surface area contributed by atoms with Gasteiger partial charge in [0.2, 0.25) is 5.89 Å². The summed E-state index contributed by atoms with van der Waals surface area (Å²) in [6.07, 6.45) is 0.835. The highest BCUT2D eigenvalue weighted by atomic mass is 35.5. The maximum atomic E-state index is 6.18. The van der Waals surface area contributed by atoms with Gasteiger partial charge < -0.3 is 9.26 Å². The first-order chi connectivity index (χ1) is 11.6. The molecule has 1 atom stereocenters. The fourth-order valence-electron chi connectivity index (χ4n) is 3.04. The van der Waals surface area contributed by atoms with Crippen molar-refractivity contribution in [1.29, 1.82) is 0 Å². The van der Waals surface area contributed by atoms with Crippen molar-refractivity contribution in [1.82, 2.24) is 19.9 Å². The van der Waals surface area contributed by atoms with Crippen molar-refractivity contribution in [2.45, 2.75) is 32.7 Å². The molecule has 0 fully saturated rings. The van der Waals surface area contributed by atoms with Crippen LogP contribution in [0.3, 0.4) is 0 Å². The Morgan fingerprint density at radius 3 is 2.92 bits per heavy atom. The average molecular weight is 345 g/mol. The van der Waals surface area contributed by atoms with Crippen molar-refractivity contribution in [2.75, 3.05) is 6.61 Å². The monoisotopic (exact) mass is 344 g/mol. The number of fused-ring (bicyclic) bond motifs is 1. The molecular weight excluding hydrogens is 328 g/mol. The van der Waals surface area contributed by atoms with Gasteiger partial charge in [-0.15, -0.1) is 0 Å². The Balaban J connectivity index is 1.61. The van der Waals surface area contributed by atoms with Gasteiger partial charge in [-0.3, -0.25) is 4.68 Å². The molecule has 0 saturated carbocycles. The van der Waals surface area contributed by atoms with E-state index < -0.39 is 0 Å². The predicted molar refractivity (Wildman–Crippen MR) is 88.5 cm³/mol. The van der Waals surface area contributed by atoms with E-state index in [1.807, 2.05) is 32.0 Å². The molecule has 3 aromatic rings. The summed E-state index contributed by atoms with van der Waals surface area (Å²) in [5.74, 6) is 2.20. The van der Waals surface area contributed by atoms with E-state index in [9.17, 15) is 0 Å². The normalized spacial score (nSPS) is 16.7. The van der Waals surface area contributed by atoms with Crippen LogP contribution in [0.1, 0.15) is 41.0 Å². The Labute approximate surface area is 144 Å². The van der Waals surface area contributed by atoms with Crippen molar-refractivity contribution in [3.63, 3.8) is 0 Å². The number of para-hydroxylation sites is 1. The lowest BCUT2D eigenvalue weighted by Crippen LogP contribution is -2.16. The summed E-state index contributed by atoms with van der Waals surface area (Å²) in [5.41, 5.74) is 2.79. The molecule has 0 N–H and O–H groups in total. The van der Waals surface area contributed by atoms with E-state index >= 15 is 0 Å². The van der Waals surface area contributed by atoms with E-state index in [1.54, 1.807) is 4.68 Å². The number of aromatic nitrogens is 4. The maximum Gasteiger partial charge on any atom is 0.248 e. The minimum Gasteiger partial charge on any atom is -0.493 e. The highest BCUT2D eigenvalue weighted by molar-refractivity contribution is 6.31. The second-order valence-electron chi connectivity index (χ2n) is 5.92. The third kappa shape index (κ3) is 2.57. The van der Waals surface area contributed by atoms with E-state index in [-0.39, 0.29) is 5.92 Å². The lowest BCUT2D eigenvalue weighted by molar-refractivity contribution is 0.272. The molecule has 124 valence electrons. The summed E-state index contributed by atoms with van der Waals surface area (Å²) in [6.45, 7) is 4.87. The summed E-state index contributed by atoms with van der Waals surface area (Å²) >= 11 is 6.18. The summed E-state index contributed by atoms with van der Waals surface area (Å²) in [4.78, 5) is 4.57. The molecular formula is C17H17ClN4O2. The van der Waals surface area contributed by atoms with Gasteiger partial charge in [0, 0.05) is 5.56 Å². The van der Waals surface area contributed by atoms with Crippen molar-refractivity contribution >= 4 is 11.6 Å². The molecule has 1 aliphatic heterocycles. The fourth-order valence-corrected chi connectivity index (χ4v) is 3.18. The highest BCUT2D eigenvalue weighted by Gasteiger charge is 2.27. The lowest BCUT2D eigenvalue weighted by atomic mass is 9.92. The Morgan fingerprint density at radius 1 is 1.29 bits per heavy atom. The molecule has 4 rings (SSSR count). The van der Waals surface area contributed by atoms with Crippen LogP contribution < -0.4 is 4.74 Å². The van der Waals surface area contributed by atoms with Crippen LogP contribution in [0.5, 0.6) is 5.75 Å². The highest BCUT2D eigenvalue weighted by Crippen LogP contribution is 2.36. The van der Waals surface area contributed by atoms with Gasteiger partial charge in [-0.2, -0.15) is 10.1 Å². The van der Waals surface area contributed by atoms with E-state index in [0.717, 1.165) is 29.1 Å². The number of rotatable bonds is 3. The van der Waals surface area contributed by atoms with Gasteiger partial charge in [0.1, 0.15) is 12.3 Å². The van der Waals surface area contributed by atoms with Gasteiger partial charge in [0.05, 0.1) is 28.9 Å². The number of ether oxygens (including phenoxy) is 1. The van der Waals surface area contributed by atoms with Crippen LogP contribution in [0.4, 0.5) is 0 Å². The zero-order chi connectivity index (χ0) is 16.7. The number of hydrogen-bond acceptors (Lipinski definition) is 5. The Morgan fingerprint density at radius 2 is 2.12 bits per heavy atom. The zero-order valence-corrected chi connectivity index (χ0v) is 14.2. The van der Waals surface area contributed by atoms with Gasteiger partial charge >= 0.3 is 0 Å². The molecule has 24 heavy (non-hydrogen) atoms. The number of benzene rings is 1. The fraction of sp³-hybridized carbons (Fsp3) is 0.353. The van der Waals surface area contributed by atoms with Crippen LogP contribution in [-0.2, 0) is 6.54 Å². The molecule has 2 aromatic heterocycles. The Kier molecular flexibility index (Phi) is 3.76. The first kappa shape index (κ1) is 15.2. The molecule has 7 heteroatoms. The second-order valence-corrected chi connectivity index (χ2v) is 6.29. The van der Waals surface area contributed by atoms with E-state index in [1.165, 1.54) is 0 Å². The van der Waals surface area contributed by atoms with Crippen LogP contribution in [0.25, 0.3) is 0 Å². The molecule has 1 unspecified atom stereocenters. The molecule has 0 radical (unpaired) electrons. The largest absolute Gasteiger partial charge is 0.493 e. The van der Waals surface area contributed by atoms with Gasteiger partial charge in [-0.05, 0) is 26.3 Å². The minimum atomic E-state index is 0.0940. The van der Waals surface area contributed by atoms with E-state index in [0.29, 0.717) is 29.9 Å². The topological polar surface area (TPSA) is 66.0 Å². The Bertz CT molecular complexity index is 887. The van der Waals surface area contributed by atoms with E-state index in [4.69, 9.17) is 20.9 Å². The van der Waals surface area contributed by atoms with E-state index in [2.05, 4.69) is 21.3 Å². The SMILES string of the molecule is Cc1nn(Cc2nc(C3CCOc4ccccc43)no2)c(C)c1Cl. The predicted octanol–water partition coefficient (Wildman–Crippen LogP) is 3.50. The third-order valence-corrected chi connectivity index (χ3v) is 4.88. The summed E-state index contributed by atoms with van der Waals surface area (Å²) in [5, 5.41) is 9.25. The second kappa shape index (κ2) is 5.94. The van der Waals surface area contributed by atoms with Gasteiger partial charge in [-0.1, -0.05) is 35.0 Å². The number of hydrogen-bond donors (Lipinski definition) is 0. The number of nitrogens with zero attached hydrogens (tertiary/aromatic N) is 4. The van der Waals surface area contributed by atoms with Crippen LogP contribution in [0.2, 0.25) is 5.02 Å². The molecule has 1 aliphatic rings. The molecule has 1 aromatic carbocycles. The molecule has 0 saturated heterocycles. The number of aryl methyl sites for hydroxylation is 1. The van der Waals surface area contributed by atoms with Crippen molar-refractivity contribution < 1.29 is 9.26 Å². The zero-order valence-electron chi connectivity index (χ0n) is 13.5. The smallest absolute Gasteiger partial charge is 0.248 e. The lowest BCUT2D eigenvalue weighted by Gasteiger charge is -2.23. The Hall–Kier alpha value is -2.34. The maximum absolute atomic E-state index is 6.18. The quantitative estimate of drug-likeness (QED) is 0.727. The minimum absolute atomic E-state index is 0.0940. The molecule has 0 spiro atoms. The van der Waals surface area contributed by atoms with Crippen LogP contribution in [0, 0.1) is 13.8 Å². The van der Waals surface area contributed by atoms with Crippen LogP contribution in [-0.4, -0.2) is 26.5 Å².